The number of aromatic nitrogens is 2. The van der Waals surface area contributed by atoms with E-state index in [2.05, 4.69) is 9.28 Å². The van der Waals surface area contributed by atoms with Crippen LogP contribution in [0.25, 0.3) is 0 Å². The molecule has 11 heavy (non-hydrogen) atoms. The van der Waals surface area contributed by atoms with Crippen LogP contribution in [0.5, 0.6) is 5.88 Å². The molecule has 0 saturated carbocycles. The van der Waals surface area contributed by atoms with Gasteiger partial charge in [0.2, 0.25) is 0 Å². The Morgan fingerprint density at radius 2 is 2.64 bits per heavy atom. The second kappa shape index (κ2) is 3.49. The van der Waals surface area contributed by atoms with Crippen LogP contribution in [-0.2, 0) is 17.9 Å². The van der Waals surface area contributed by atoms with Crippen LogP contribution in [0.15, 0.2) is 12.3 Å². The Morgan fingerprint density at radius 1 is 1.91 bits per heavy atom. The first-order valence-corrected chi connectivity index (χ1v) is 4.08. The molecule has 0 fully saturated rings. The van der Waals surface area contributed by atoms with Crippen LogP contribution in [0.1, 0.15) is 6.92 Å². The Kier molecular flexibility index (Phi) is 2.61. The monoisotopic (exact) mass is 176 g/mol. The summed E-state index contributed by atoms with van der Waals surface area (Å²) in [6, 6.07) is 1.53. The fraction of sp³-hybridized carbons (Fsp3) is 0.400. The smallest absolute Gasteiger partial charge is 0.358 e. The van der Waals surface area contributed by atoms with Crippen molar-refractivity contribution in [1.29, 1.82) is 0 Å². The molecule has 0 aliphatic rings. The molecule has 0 radical (unpaired) electrons. The van der Waals surface area contributed by atoms with Crippen LogP contribution >= 0.6 is 0 Å². The molecule has 1 aromatic rings. The van der Waals surface area contributed by atoms with Gasteiger partial charge in [-0.05, 0) is 6.92 Å². The van der Waals surface area contributed by atoms with E-state index in [1.54, 1.807) is 10.9 Å². The van der Waals surface area contributed by atoms with Gasteiger partial charge in [-0.25, -0.2) is 0 Å². The quantitative estimate of drug-likeness (QED) is 0.678. The molecule has 62 valence electrons. The highest BCUT2D eigenvalue weighted by atomic mass is 32.2. The van der Waals surface area contributed by atoms with Crippen LogP contribution in [-0.4, -0.2) is 18.5 Å². The second-order valence-corrected chi connectivity index (χ2v) is 2.41. The second-order valence-electron chi connectivity index (χ2n) is 1.81. The van der Waals surface area contributed by atoms with E-state index >= 15 is 0 Å². The van der Waals surface area contributed by atoms with Gasteiger partial charge in [0.25, 0.3) is 5.88 Å². The minimum absolute atomic E-state index is 0.160. The van der Waals surface area contributed by atoms with Gasteiger partial charge in [-0.3, -0.25) is 9.23 Å². The third kappa shape index (κ3) is 2.32. The number of rotatable bonds is 3. The standard InChI is InChI=1S/C5H8N2O3S/c1-2-7-4-3-5(6-7)10-11(8)9/h3-4H,2H2,1H3,(H,8,9). The molecule has 0 aliphatic heterocycles. The van der Waals surface area contributed by atoms with Gasteiger partial charge in [-0.1, -0.05) is 0 Å². The summed E-state index contributed by atoms with van der Waals surface area (Å²) in [6.07, 6.45) is 1.67. The minimum atomic E-state index is -2.28. The summed E-state index contributed by atoms with van der Waals surface area (Å²) in [7, 11) is 0. The lowest BCUT2D eigenvalue weighted by Gasteiger charge is -1.93. The number of nitrogens with zero attached hydrogens (tertiary/aromatic N) is 2. The van der Waals surface area contributed by atoms with E-state index in [4.69, 9.17) is 4.55 Å². The molecule has 5 nitrogen and oxygen atoms in total. The fourth-order valence-electron chi connectivity index (χ4n) is 0.637. The van der Waals surface area contributed by atoms with E-state index in [1.807, 2.05) is 6.92 Å². The van der Waals surface area contributed by atoms with Gasteiger partial charge in [-0.2, -0.15) is 4.21 Å². The Bertz CT molecular complexity index is 260. The maximum atomic E-state index is 10.1. The highest BCUT2D eigenvalue weighted by Gasteiger charge is 2.00. The van der Waals surface area contributed by atoms with Crippen LogP contribution < -0.4 is 4.18 Å². The van der Waals surface area contributed by atoms with E-state index in [1.165, 1.54) is 6.07 Å². The van der Waals surface area contributed by atoms with Gasteiger partial charge in [0.05, 0.1) is 0 Å². The van der Waals surface area contributed by atoms with Crippen LogP contribution in [0.3, 0.4) is 0 Å². The van der Waals surface area contributed by atoms with Gasteiger partial charge in [0.1, 0.15) is 0 Å². The van der Waals surface area contributed by atoms with Crippen molar-refractivity contribution in [2.45, 2.75) is 13.5 Å². The number of hydrogen-bond acceptors (Lipinski definition) is 3. The summed E-state index contributed by atoms with van der Waals surface area (Å²) in [5.41, 5.74) is 0. The lowest BCUT2D eigenvalue weighted by Crippen LogP contribution is -1.99. The average molecular weight is 176 g/mol. The Hall–Kier alpha value is -0.880. The van der Waals surface area contributed by atoms with Gasteiger partial charge in [0.15, 0.2) is 0 Å². The molecule has 0 spiro atoms. The zero-order valence-corrected chi connectivity index (χ0v) is 6.74. The topological polar surface area (TPSA) is 64.3 Å². The summed E-state index contributed by atoms with van der Waals surface area (Å²) in [5.74, 6) is 0.160. The van der Waals surface area contributed by atoms with Crippen molar-refractivity contribution >= 4 is 11.4 Å². The summed E-state index contributed by atoms with van der Waals surface area (Å²) >= 11 is -2.28. The Balaban J connectivity index is 2.65. The summed E-state index contributed by atoms with van der Waals surface area (Å²) in [4.78, 5) is 0. The van der Waals surface area contributed by atoms with Crippen LogP contribution in [0.2, 0.25) is 0 Å². The summed E-state index contributed by atoms with van der Waals surface area (Å²) in [6.45, 7) is 2.62. The minimum Gasteiger partial charge on any atom is -0.358 e. The lowest BCUT2D eigenvalue weighted by atomic mass is 10.7. The maximum absolute atomic E-state index is 10.1. The number of aryl methyl sites for hydroxylation is 1. The third-order valence-corrected chi connectivity index (χ3v) is 1.41. The maximum Gasteiger partial charge on any atom is 0.359 e. The van der Waals surface area contributed by atoms with Gasteiger partial charge in [-0.15, -0.1) is 5.10 Å². The van der Waals surface area contributed by atoms with Gasteiger partial charge in [0, 0.05) is 18.8 Å². The average Bonchev–Trinajstić information content (AvgIpc) is 2.34. The highest BCUT2D eigenvalue weighted by molar-refractivity contribution is 7.74. The van der Waals surface area contributed by atoms with Gasteiger partial charge < -0.3 is 4.18 Å². The fourth-order valence-corrected chi connectivity index (χ4v) is 0.872. The molecule has 1 heterocycles. The molecule has 1 rings (SSSR count). The first-order valence-electron chi connectivity index (χ1n) is 3.05. The summed E-state index contributed by atoms with van der Waals surface area (Å²) in [5, 5.41) is 3.81. The zero-order chi connectivity index (χ0) is 8.27. The molecule has 0 amide bonds. The van der Waals surface area contributed by atoms with E-state index in [0.717, 1.165) is 0 Å². The summed E-state index contributed by atoms with van der Waals surface area (Å²) < 4.78 is 24.4. The lowest BCUT2D eigenvalue weighted by molar-refractivity contribution is 0.443. The van der Waals surface area contributed by atoms with E-state index in [-0.39, 0.29) is 5.88 Å². The Morgan fingerprint density at radius 3 is 3.09 bits per heavy atom. The molecule has 0 saturated heterocycles. The molecular formula is C5H8N2O3S. The van der Waals surface area contributed by atoms with Crippen molar-refractivity contribution in [3.05, 3.63) is 12.3 Å². The van der Waals surface area contributed by atoms with Crippen molar-refractivity contribution in [1.82, 2.24) is 9.78 Å². The van der Waals surface area contributed by atoms with Crippen molar-refractivity contribution in [3.8, 4) is 5.88 Å². The normalized spacial score (nSPS) is 12.9. The number of hydrogen-bond donors (Lipinski definition) is 1. The molecule has 6 heteroatoms. The first kappa shape index (κ1) is 8.22. The van der Waals surface area contributed by atoms with Crippen LogP contribution in [0.4, 0.5) is 0 Å². The van der Waals surface area contributed by atoms with E-state index < -0.39 is 11.4 Å². The molecule has 1 atom stereocenters. The third-order valence-electron chi connectivity index (χ3n) is 1.10. The van der Waals surface area contributed by atoms with E-state index in [0.29, 0.717) is 6.54 Å². The molecule has 0 bridgehead atoms. The van der Waals surface area contributed by atoms with E-state index in [9.17, 15) is 4.21 Å². The predicted octanol–water partition coefficient (Wildman–Crippen LogP) is 0.418. The highest BCUT2D eigenvalue weighted by Crippen LogP contribution is 2.05. The molecule has 0 aliphatic carbocycles. The Labute approximate surface area is 66.5 Å². The zero-order valence-electron chi connectivity index (χ0n) is 5.93. The molecule has 0 aromatic carbocycles. The van der Waals surface area contributed by atoms with Crippen molar-refractivity contribution in [2.75, 3.05) is 0 Å². The largest absolute Gasteiger partial charge is 0.359 e. The molecule has 1 unspecified atom stereocenters. The van der Waals surface area contributed by atoms with Crippen molar-refractivity contribution in [2.24, 2.45) is 0 Å². The van der Waals surface area contributed by atoms with Crippen molar-refractivity contribution < 1.29 is 12.9 Å². The first-order chi connectivity index (χ1) is 5.22. The van der Waals surface area contributed by atoms with Crippen LogP contribution in [0, 0.1) is 0 Å². The van der Waals surface area contributed by atoms with Crippen molar-refractivity contribution in [3.63, 3.8) is 0 Å². The molecule has 1 aromatic heterocycles. The predicted molar refractivity (Wildman–Crippen MR) is 39.3 cm³/mol. The molecule has 1 N–H and O–H groups in total. The molecular weight excluding hydrogens is 168 g/mol. The van der Waals surface area contributed by atoms with Gasteiger partial charge >= 0.3 is 11.4 Å². The SMILES string of the molecule is CCn1ccc(OS(=O)O)n1.